The largest absolute Gasteiger partial charge is 0.453 e. The van der Waals surface area contributed by atoms with E-state index in [9.17, 15) is 9.18 Å². The molecular formula is C13H17FNO2+. The number of benzene rings is 1. The van der Waals surface area contributed by atoms with Crippen molar-refractivity contribution >= 4 is 5.97 Å². The van der Waals surface area contributed by atoms with Gasteiger partial charge in [-0.1, -0.05) is 6.07 Å². The average molecular weight is 238 g/mol. The Morgan fingerprint density at radius 1 is 1.53 bits per heavy atom. The lowest BCUT2D eigenvalue weighted by atomic mass is 10.1. The van der Waals surface area contributed by atoms with Gasteiger partial charge in [0, 0.05) is 6.42 Å². The van der Waals surface area contributed by atoms with Crippen molar-refractivity contribution in [1.29, 1.82) is 0 Å². The number of carbonyl (C=O) groups excluding carboxylic acids is 1. The number of halogens is 1. The van der Waals surface area contributed by atoms with Crippen LogP contribution in [-0.2, 0) is 4.74 Å². The molecule has 92 valence electrons. The van der Waals surface area contributed by atoms with E-state index in [1.54, 1.807) is 6.07 Å². The molecule has 1 saturated heterocycles. The Bertz CT molecular complexity index is 408. The molecule has 0 amide bonds. The topological polar surface area (TPSA) is 30.7 Å². The van der Waals surface area contributed by atoms with Crippen LogP contribution >= 0.6 is 0 Å². The molecule has 4 heteroatoms. The predicted octanol–water partition coefficient (Wildman–Crippen LogP) is 0.660. The van der Waals surface area contributed by atoms with Gasteiger partial charge in [0.2, 0.25) is 0 Å². The fraction of sp³-hybridized carbons (Fsp3) is 0.462. The zero-order valence-corrected chi connectivity index (χ0v) is 9.91. The third kappa shape index (κ3) is 3.27. The van der Waals surface area contributed by atoms with Gasteiger partial charge in [-0.2, -0.15) is 0 Å². The first kappa shape index (κ1) is 12.0. The molecule has 2 atom stereocenters. The van der Waals surface area contributed by atoms with Crippen LogP contribution in [0, 0.1) is 5.82 Å². The number of hydrogen-bond donors (Lipinski definition) is 1. The molecule has 1 heterocycles. The highest BCUT2D eigenvalue weighted by Gasteiger charge is 2.24. The molecule has 3 nitrogen and oxygen atoms in total. The Hall–Kier alpha value is -1.42. The van der Waals surface area contributed by atoms with E-state index in [2.05, 4.69) is 7.05 Å². The van der Waals surface area contributed by atoms with E-state index in [1.165, 1.54) is 23.1 Å². The number of carbonyl (C=O) groups is 1. The van der Waals surface area contributed by atoms with Crippen LogP contribution in [0.2, 0.25) is 0 Å². The summed E-state index contributed by atoms with van der Waals surface area (Å²) in [5.74, 6) is -0.838. The van der Waals surface area contributed by atoms with Gasteiger partial charge in [0.05, 0.1) is 19.2 Å². The molecule has 2 rings (SSSR count). The van der Waals surface area contributed by atoms with Crippen LogP contribution in [0.3, 0.4) is 0 Å². The van der Waals surface area contributed by atoms with Crippen LogP contribution in [0.1, 0.15) is 23.2 Å². The Morgan fingerprint density at radius 3 is 3.06 bits per heavy atom. The summed E-state index contributed by atoms with van der Waals surface area (Å²) in [7, 11) is 2.09. The minimum Gasteiger partial charge on any atom is -0.453 e. The number of piperidine rings is 1. The van der Waals surface area contributed by atoms with Crippen molar-refractivity contribution in [3.8, 4) is 0 Å². The van der Waals surface area contributed by atoms with Gasteiger partial charge < -0.3 is 9.64 Å². The highest BCUT2D eigenvalue weighted by molar-refractivity contribution is 5.89. The molecule has 0 radical (unpaired) electrons. The molecule has 1 aromatic carbocycles. The van der Waals surface area contributed by atoms with E-state index < -0.39 is 11.8 Å². The standard InChI is InChI=1S/C13H16FNO2/c1-15-7-3-6-12(9-15)17-13(16)10-4-2-5-11(14)8-10/h2,4-5,8,12H,3,6-7,9H2,1H3/p+1. The van der Waals surface area contributed by atoms with Gasteiger partial charge in [0.15, 0.2) is 6.10 Å². The summed E-state index contributed by atoms with van der Waals surface area (Å²) in [4.78, 5) is 13.1. The highest BCUT2D eigenvalue weighted by Crippen LogP contribution is 2.10. The second-order valence-electron chi connectivity index (χ2n) is 4.59. The Kier molecular flexibility index (Phi) is 3.74. The third-order valence-corrected chi connectivity index (χ3v) is 3.04. The number of rotatable bonds is 2. The van der Waals surface area contributed by atoms with E-state index in [4.69, 9.17) is 4.74 Å². The Labute approximate surface area is 100 Å². The van der Waals surface area contributed by atoms with Gasteiger partial charge in [-0.05, 0) is 24.6 Å². The number of hydrogen-bond acceptors (Lipinski definition) is 2. The zero-order valence-electron chi connectivity index (χ0n) is 9.91. The molecule has 17 heavy (non-hydrogen) atoms. The first-order valence-electron chi connectivity index (χ1n) is 5.93. The molecule has 0 aromatic heterocycles. The molecule has 2 unspecified atom stereocenters. The van der Waals surface area contributed by atoms with Crippen LogP contribution in [0.5, 0.6) is 0 Å². The van der Waals surface area contributed by atoms with Gasteiger partial charge in [-0.15, -0.1) is 0 Å². The van der Waals surface area contributed by atoms with E-state index in [-0.39, 0.29) is 11.7 Å². The summed E-state index contributed by atoms with van der Waals surface area (Å²) in [6.07, 6.45) is 1.92. The van der Waals surface area contributed by atoms with Crippen LogP contribution in [-0.4, -0.2) is 32.2 Å². The summed E-state index contributed by atoms with van der Waals surface area (Å²) >= 11 is 0. The maximum atomic E-state index is 13.0. The lowest BCUT2D eigenvalue weighted by molar-refractivity contribution is -0.888. The third-order valence-electron chi connectivity index (χ3n) is 3.04. The lowest BCUT2D eigenvalue weighted by Gasteiger charge is -2.26. The minimum absolute atomic E-state index is 0.0421. The number of ether oxygens (including phenoxy) is 1. The fourth-order valence-corrected chi connectivity index (χ4v) is 2.16. The summed E-state index contributed by atoms with van der Waals surface area (Å²) in [6, 6.07) is 5.62. The average Bonchev–Trinajstić information content (AvgIpc) is 2.29. The van der Waals surface area contributed by atoms with Crippen molar-refractivity contribution in [2.45, 2.75) is 18.9 Å². The second-order valence-corrected chi connectivity index (χ2v) is 4.59. The SMILES string of the molecule is C[NH+]1CCCC(OC(=O)c2cccc(F)c2)C1. The number of esters is 1. The first-order chi connectivity index (χ1) is 8.15. The van der Waals surface area contributed by atoms with Crippen molar-refractivity contribution in [1.82, 2.24) is 0 Å². The molecule has 0 spiro atoms. The lowest BCUT2D eigenvalue weighted by Crippen LogP contribution is -3.11. The van der Waals surface area contributed by atoms with E-state index in [0.717, 1.165) is 25.9 Å². The summed E-state index contributed by atoms with van der Waals surface area (Å²) < 4.78 is 18.3. The number of likely N-dealkylation sites (N-methyl/N-ethyl adjacent to an activating group) is 1. The van der Waals surface area contributed by atoms with Crippen molar-refractivity contribution in [2.24, 2.45) is 0 Å². The molecule has 1 aliphatic rings. The smallest absolute Gasteiger partial charge is 0.338 e. The monoisotopic (exact) mass is 238 g/mol. The van der Waals surface area contributed by atoms with E-state index in [0.29, 0.717) is 0 Å². The molecule has 0 saturated carbocycles. The maximum absolute atomic E-state index is 13.0. The van der Waals surface area contributed by atoms with Crippen molar-refractivity contribution in [3.05, 3.63) is 35.6 Å². The first-order valence-corrected chi connectivity index (χ1v) is 5.93. The highest BCUT2D eigenvalue weighted by atomic mass is 19.1. The van der Waals surface area contributed by atoms with Gasteiger partial charge in [-0.25, -0.2) is 9.18 Å². The van der Waals surface area contributed by atoms with Gasteiger partial charge in [-0.3, -0.25) is 0 Å². The maximum Gasteiger partial charge on any atom is 0.338 e. The number of quaternary nitrogens is 1. The zero-order chi connectivity index (χ0) is 12.3. The van der Waals surface area contributed by atoms with Crippen LogP contribution in [0.15, 0.2) is 24.3 Å². The molecule has 1 aromatic rings. The van der Waals surface area contributed by atoms with Crippen LogP contribution < -0.4 is 4.90 Å². The second kappa shape index (κ2) is 5.27. The van der Waals surface area contributed by atoms with Crippen LogP contribution in [0.4, 0.5) is 4.39 Å². The minimum atomic E-state index is -0.427. The van der Waals surface area contributed by atoms with Gasteiger partial charge in [0.25, 0.3) is 0 Å². The molecule has 1 N–H and O–H groups in total. The Morgan fingerprint density at radius 2 is 2.35 bits per heavy atom. The number of likely N-dealkylation sites (tertiary alicyclic amines) is 1. The fourth-order valence-electron chi connectivity index (χ4n) is 2.16. The molecule has 1 aliphatic heterocycles. The van der Waals surface area contributed by atoms with E-state index >= 15 is 0 Å². The van der Waals surface area contributed by atoms with E-state index in [1.807, 2.05) is 0 Å². The number of nitrogens with one attached hydrogen (secondary N) is 1. The normalized spacial score (nSPS) is 24.4. The molecular weight excluding hydrogens is 221 g/mol. The summed E-state index contributed by atoms with van der Waals surface area (Å²) in [5, 5.41) is 0. The quantitative estimate of drug-likeness (QED) is 0.767. The Balaban J connectivity index is 1.97. The summed E-state index contributed by atoms with van der Waals surface area (Å²) in [5.41, 5.74) is 0.285. The van der Waals surface area contributed by atoms with Crippen LogP contribution in [0.25, 0.3) is 0 Å². The van der Waals surface area contributed by atoms with Gasteiger partial charge >= 0.3 is 5.97 Å². The molecule has 0 aliphatic carbocycles. The van der Waals surface area contributed by atoms with Gasteiger partial charge in [0.1, 0.15) is 12.4 Å². The van der Waals surface area contributed by atoms with Crippen molar-refractivity contribution in [3.63, 3.8) is 0 Å². The van der Waals surface area contributed by atoms with Crippen molar-refractivity contribution < 1.29 is 18.8 Å². The summed E-state index contributed by atoms with van der Waals surface area (Å²) in [6.45, 7) is 1.95. The predicted molar refractivity (Wildman–Crippen MR) is 61.5 cm³/mol. The molecule has 0 bridgehead atoms. The molecule has 1 fully saturated rings. The van der Waals surface area contributed by atoms with Crippen molar-refractivity contribution in [2.75, 3.05) is 20.1 Å².